The van der Waals surface area contributed by atoms with Crippen LogP contribution in [0.3, 0.4) is 0 Å². The van der Waals surface area contributed by atoms with Crippen LogP contribution in [0.15, 0.2) is 16.8 Å². The average Bonchev–Trinajstić information content (AvgIpc) is 2.80. The van der Waals surface area contributed by atoms with Crippen molar-refractivity contribution in [3.63, 3.8) is 0 Å². The van der Waals surface area contributed by atoms with Gasteiger partial charge in [-0.05, 0) is 39.9 Å². The monoisotopic (exact) mass is 209 g/mol. The first-order valence-corrected chi connectivity index (χ1v) is 5.25. The molecule has 0 spiro atoms. The van der Waals surface area contributed by atoms with E-state index >= 15 is 0 Å². The Bertz CT molecular complexity index is 380. The van der Waals surface area contributed by atoms with Crippen molar-refractivity contribution in [3.8, 4) is 0 Å². The molecule has 2 rings (SSSR count). The van der Waals surface area contributed by atoms with Crippen LogP contribution in [0.4, 0.5) is 0 Å². The number of aromatic nitrogens is 4. The summed E-state index contributed by atoms with van der Waals surface area (Å²) in [6.45, 7) is 1.44. The molecule has 14 heavy (non-hydrogen) atoms. The number of hydrogen-bond donors (Lipinski definition) is 1. The Balaban J connectivity index is 2.12. The zero-order chi connectivity index (χ0) is 9.80. The second kappa shape index (κ2) is 4.30. The van der Waals surface area contributed by atoms with E-state index in [1.54, 1.807) is 16.0 Å². The molecule has 1 N–H and O–H groups in total. The van der Waals surface area contributed by atoms with Gasteiger partial charge in [0.15, 0.2) is 5.82 Å². The summed E-state index contributed by atoms with van der Waals surface area (Å²) in [7, 11) is 1.88. The van der Waals surface area contributed by atoms with Crippen LogP contribution in [0, 0.1) is 0 Å². The third-order valence-electron chi connectivity index (χ3n) is 1.85. The number of nitrogens with zero attached hydrogens (tertiary/aromatic N) is 4. The normalized spacial score (nSPS) is 10.6. The van der Waals surface area contributed by atoms with E-state index in [-0.39, 0.29) is 0 Å². The summed E-state index contributed by atoms with van der Waals surface area (Å²) in [5, 5.41) is 18.7. The second-order valence-corrected chi connectivity index (χ2v) is 3.69. The van der Waals surface area contributed by atoms with Crippen molar-refractivity contribution in [2.45, 2.75) is 13.1 Å². The summed E-state index contributed by atoms with van der Waals surface area (Å²) >= 11 is 1.68. The Labute approximate surface area is 85.8 Å². The largest absolute Gasteiger partial charge is 0.313 e. The van der Waals surface area contributed by atoms with Gasteiger partial charge in [0.05, 0.1) is 13.1 Å². The summed E-state index contributed by atoms with van der Waals surface area (Å²) in [4.78, 5) is 0. The highest BCUT2D eigenvalue weighted by molar-refractivity contribution is 7.07. The van der Waals surface area contributed by atoms with E-state index in [9.17, 15) is 0 Å². The van der Waals surface area contributed by atoms with Crippen molar-refractivity contribution in [3.05, 3.63) is 28.2 Å². The molecule has 0 aromatic carbocycles. The zero-order valence-electron chi connectivity index (χ0n) is 7.84. The molecule has 0 saturated heterocycles. The molecule has 0 amide bonds. The van der Waals surface area contributed by atoms with Crippen LogP contribution in [0.25, 0.3) is 0 Å². The minimum atomic E-state index is 0.692. The highest BCUT2D eigenvalue weighted by atomic mass is 32.1. The van der Waals surface area contributed by atoms with Gasteiger partial charge < -0.3 is 5.32 Å². The highest BCUT2D eigenvalue weighted by Gasteiger charge is 2.04. The fourth-order valence-electron chi connectivity index (χ4n) is 1.19. The lowest BCUT2D eigenvalue weighted by Gasteiger charge is -2.01. The van der Waals surface area contributed by atoms with Crippen molar-refractivity contribution in [1.82, 2.24) is 25.5 Å². The number of rotatable bonds is 4. The molecule has 0 aliphatic carbocycles. The number of thiophene rings is 1. The molecule has 0 aliphatic rings. The number of nitrogens with one attached hydrogen (secondary N) is 1. The third kappa shape index (κ3) is 1.97. The second-order valence-electron chi connectivity index (χ2n) is 2.91. The number of tetrazole rings is 1. The Morgan fingerprint density at radius 3 is 3.21 bits per heavy atom. The lowest BCUT2D eigenvalue weighted by atomic mass is 10.3. The van der Waals surface area contributed by atoms with E-state index in [0.717, 1.165) is 12.4 Å². The van der Waals surface area contributed by atoms with E-state index < -0.39 is 0 Å². The first-order chi connectivity index (χ1) is 6.90. The van der Waals surface area contributed by atoms with Gasteiger partial charge in [-0.15, -0.1) is 5.10 Å². The van der Waals surface area contributed by atoms with Gasteiger partial charge in [0.1, 0.15) is 0 Å². The van der Waals surface area contributed by atoms with Crippen molar-refractivity contribution in [1.29, 1.82) is 0 Å². The quantitative estimate of drug-likeness (QED) is 0.796. The Morgan fingerprint density at radius 2 is 2.50 bits per heavy atom. The van der Waals surface area contributed by atoms with Gasteiger partial charge in [0, 0.05) is 0 Å². The predicted octanol–water partition coefficient (Wildman–Crippen LogP) is 0.502. The molecular formula is C8H11N5S. The molecule has 2 aromatic rings. The fraction of sp³-hybridized carbons (Fsp3) is 0.375. The Hall–Kier alpha value is -1.27. The van der Waals surface area contributed by atoms with Crippen LogP contribution in [0.2, 0.25) is 0 Å². The predicted molar refractivity (Wildman–Crippen MR) is 54.0 cm³/mol. The van der Waals surface area contributed by atoms with Crippen LogP contribution < -0.4 is 5.32 Å². The molecule has 2 aromatic heterocycles. The van der Waals surface area contributed by atoms with Gasteiger partial charge in [0.25, 0.3) is 0 Å². The minimum absolute atomic E-state index is 0.692. The van der Waals surface area contributed by atoms with Gasteiger partial charge in [0.2, 0.25) is 0 Å². The maximum absolute atomic E-state index is 3.93. The van der Waals surface area contributed by atoms with Crippen LogP contribution in [0.5, 0.6) is 0 Å². The van der Waals surface area contributed by atoms with E-state index in [4.69, 9.17) is 0 Å². The maximum atomic E-state index is 3.93. The summed E-state index contributed by atoms with van der Waals surface area (Å²) in [5.74, 6) is 0.860. The molecule has 0 atom stereocenters. The SMILES string of the molecule is CNCc1nnnn1Cc1ccsc1. The highest BCUT2D eigenvalue weighted by Crippen LogP contribution is 2.07. The molecule has 0 radical (unpaired) electrons. The summed E-state index contributed by atoms with van der Waals surface area (Å²) in [6, 6.07) is 2.08. The first-order valence-electron chi connectivity index (χ1n) is 4.31. The first kappa shape index (κ1) is 9.29. The van der Waals surface area contributed by atoms with Crippen LogP contribution >= 0.6 is 11.3 Å². The van der Waals surface area contributed by atoms with Gasteiger partial charge in [-0.1, -0.05) is 0 Å². The topological polar surface area (TPSA) is 55.6 Å². The molecule has 0 bridgehead atoms. The Morgan fingerprint density at radius 1 is 1.57 bits per heavy atom. The van der Waals surface area contributed by atoms with Crippen LogP contribution in [-0.2, 0) is 13.1 Å². The molecule has 6 heteroatoms. The lowest BCUT2D eigenvalue weighted by molar-refractivity contribution is 0.602. The van der Waals surface area contributed by atoms with Crippen molar-refractivity contribution in [2.75, 3.05) is 7.05 Å². The van der Waals surface area contributed by atoms with E-state index in [1.807, 2.05) is 7.05 Å². The van der Waals surface area contributed by atoms with Gasteiger partial charge in [-0.25, -0.2) is 4.68 Å². The third-order valence-corrected chi connectivity index (χ3v) is 2.59. The minimum Gasteiger partial charge on any atom is -0.313 e. The van der Waals surface area contributed by atoms with Crippen LogP contribution in [-0.4, -0.2) is 27.3 Å². The summed E-state index contributed by atoms with van der Waals surface area (Å²) < 4.78 is 1.80. The lowest BCUT2D eigenvalue weighted by Crippen LogP contribution is -2.13. The zero-order valence-corrected chi connectivity index (χ0v) is 8.66. The fourth-order valence-corrected chi connectivity index (χ4v) is 1.85. The molecule has 0 fully saturated rings. The summed E-state index contributed by atoms with van der Waals surface area (Å²) in [6.07, 6.45) is 0. The van der Waals surface area contributed by atoms with Crippen LogP contribution in [0.1, 0.15) is 11.4 Å². The standard InChI is InChI=1S/C8H11N5S/c1-9-4-8-10-11-12-13(8)5-7-2-3-14-6-7/h2-3,6,9H,4-5H2,1H3. The average molecular weight is 209 g/mol. The van der Waals surface area contributed by atoms with E-state index in [2.05, 4.69) is 37.7 Å². The van der Waals surface area contributed by atoms with Gasteiger partial charge in [-0.3, -0.25) is 0 Å². The molecule has 0 aliphatic heterocycles. The van der Waals surface area contributed by atoms with E-state index in [1.165, 1.54) is 5.56 Å². The Kier molecular flexibility index (Phi) is 2.85. The molecule has 0 unspecified atom stereocenters. The molecule has 2 heterocycles. The molecule has 74 valence electrons. The molecule has 0 saturated carbocycles. The van der Waals surface area contributed by atoms with Crippen molar-refractivity contribution >= 4 is 11.3 Å². The summed E-state index contributed by atoms with van der Waals surface area (Å²) in [5.41, 5.74) is 1.24. The van der Waals surface area contributed by atoms with Crippen molar-refractivity contribution in [2.24, 2.45) is 0 Å². The van der Waals surface area contributed by atoms with Gasteiger partial charge >= 0.3 is 0 Å². The van der Waals surface area contributed by atoms with Crippen molar-refractivity contribution < 1.29 is 0 Å². The van der Waals surface area contributed by atoms with Gasteiger partial charge in [-0.2, -0.15) is 11.3 Å². The molecule has 5 nitrogen and oxygen atoms in total. The smallest absolute Gasteiger partial charge is 0.165 e. The number of hydrogen-bond acceptors (Lipinski definition) is 5. The molecular weight excluding hydrogens is 198 g/mol. The maximum Gasteiger partial charge on any atom is 0.165 e. The van der Waals surface area contributed by atoms with E-state index in [0.29, 0.717) is 6.54 Å².